The molecule has 1 nitrogen and oxygen atoms in total. The zero-order valence-corrected chi connectivity index (χ0v) is 9.53. The van der Waals surface area contributed by atoms with Crippen molar-refractivity contribution in [3.05, 3.63) is 0 Å². The Morgan fingerprint density at radius 2 is 1.71 bits per heavy atom. The van der Waals surface area contributed by atoms with Gasteiger partial charge in [-0.2, -0.15) is 0 Å². The van der Waals surface area contributed by atoms with Crippen LogP contribution in [-0.4, -0.2) is 12.3 Å². The molecular weight excluding hydrogens is 179 g/mol. The molecular formula is C12H21FO. The van der Waals surface area contributed by atoms with E-state index in [1.54, 1.807) is 0 Å². The van der Waals surface area contributed by atoms with E-state index in [-0.39, 0.29) is 12.3 Å². The van der Waals surface area contributed by atoms with Crippen LogP contribution in [-0.2, 0) is 4.74 Å². The Morgan fingerprint density at radius 3 is 2.29 bits per heavy atom. The van der Waals surface area contributed by atoms with E-state index in [1.165, 1.54) is 0 Å². The van der Waals surface area contributed by atoms with E-state index in [9.17, 15) is 4.39 Å². The molecule has 0 spiro atoms. The SMILES string of the molecule is CC(C)(C)OC#CCCCCCCF. The average Bonchev–Trinajstić information content (AvgIpc) is 2.08. The molecule has 0 rings (SSSR count). The average molecular weight is 200 g/mol. The monoisotopic (exact) mass is 200 g/mol. The van der Waals surface area contributed by atoms with E-state index in [2.05, 4.69) is 12.0 Å². The second-order valence-corrected chi connectivity index (χ2v) is 4.35. The normalized spacial score (nSPS) is 10.6. The minimum absolute atomic E-state index is 0.179. The van der Waals surface area contributed by atoms with Crippen LogP contribution in [0.1, 0.15) is 52.9 Å². The fourth-order valence-electron chi connectivity index (χ4n) is 0.902. The van der Waals surface area contributed by atoms with Gasteiger partial charge in [0.15, 0.2) is 0 Å². The lowest BCUT2D eigenvalue weighted by Crippen LogP contribution is -2.15. The topological polar surface area (TPSA) is 9.23 Å². The van der Waals surface area contributed by atoms with Gasteiger partial charge in [-0.15, -0.1) is 0 Å². The van der Waals surface area contributed by atoms with Crippen molar-refractivity contribution >= 4 is 0 Å². The first kappa shape index (κ1) is 13.3. The molecule has 0 fully saturated rings. The maximum atomic E-state index is 11.7. The lowest BCUT2D eigenvalue weighted by atomic mass is 10.1. The number of rotatable bonds is 5. The predicted molar refractivity (Wildman–Crippen MR) is 57.7 cm³/mol. The van der Waals surface area contributed by atoms with Crippen LogP contribution in [0.3, 0.4) is 0 Å². The molecule has 0 aliphatic carbocycles. The Hall–Kier alpha value is -0.710. The van der Waals surface area contributed by atoms with Gasteiger partial charge in [-0.05, 0) is 33.6 Å². The van der Waals surface area contributed by atoms with Crippen molar-refractivity contribution in [2.24, 2.45) is 0 Å². The predicted octanol–water partition coefficient (Wildman–Crippen LogP) is 3.68. The van der Waals surface area contributed by atoms with Crippen LogP contribution >= 0.6 is 0 Å². The van der Waals surface area contributed by atoms with Crippen molar-refractivity contribution in [2.45, 2.75) is 58.5 Å². The summed E-state index contributed by atoms with van der Waals surface area (Å²) in [4.78, 5) is 0. The summed E-state index contributed by atoms with van der Waals surface area (Å²) in [5.41, 5.74) is -0.179. The third-order valence-corrected chi connectivity index (χ3v) is 1.61. The maximum absolute atomic E-state index is 11.7. The number of hydrogen-bond acceptors (Lipinski definition) is 1. The quantitative estimate of drug-likeness (QED) is 0.486. The molecule has 0 unspecified atom stereocenters. The molecule has 0 heterocycles. The second kappa shape index (κ2) is 7.67. The smallest absolute Gasteiger partial charge is 0.112 e. The van der Waals surface area contributed by atoms with E-state index in [1.807, 2.05) is 20.8 Å². The molecule has 0 aromatic carbocycles. The summed E-state index contributed by atoms with van der Waals surface area (Å²) in [7, 11) is 0. The van der Waals surface area contributed by atoms with Gasteiger partial charge in [0.05, 0.1) is 6.67 Å². The molecule has 14 heavy (non-hydrogen) atoms. The van der Waals surface area contributed by atoms with Crippen LogP contribution in [0.5, 0.6) is 0 Å². The van der Waals surface area contributed by atoms with Gasteiger partial charge in [0.2, 0.25) is 0 Å². The largest absolute Gasteiger partial charge is 0.441 e. The van der Waals surface area contributed by atoms with Gasteiger partial charge in [0.25, 0.3) is 0 Å². The van der Waals surface area contributed by atoms with Crippen molar-refractivity contribution in [1.29, 1.82) is 0 Å². The molecule has 0 radical (unpaired) electrons. The Morgan fingerprint density at radius 1 is 1.07 bits per heavy atom. The summed E-state index contributed by atoms with van der Waals surface area (Å²) in [6.45, 7) is 5.73. The zero-order chi connectivity index (χ0) is 10.9. The van der Waals surface area contributed by atoms with Gasteiger partial charge in [0.1, 0.15) is 11.7 Å². The van der Waals surface area contributed by atoms with E-state index in [4.69, 9.17) is 4.74 Å². The summed E-state index contributed by atoms with van der Waals surface area (Å²) >= 11 is 0. The Kier molecular flexibility index (Phi) is 7.28. The van der Waals surface area contributed by atoms with E-state index < -0.39 is 0 Å². The van der Waals surface area contributed by atoms with Gasteiger partial charge in [-0.1, -0.05) is 18.8 Å². The first-order chi connectivity index (χ1) is 6.56. The number of ether oxygens (including phenoxy) is 1. The lowest BCUT2D eigenvalue weighted by Gasteiger charge is -2.14. The maximum Gasteiger partial charge on any atom is 0.112 e. The van der Waals surface area contributed by atoms with Crippen LogP contribution in [0.2, 0.25) is 0 Å². The van der Waals surface area contributed by atoms with E-state index in [0.29, 0.717) is 6.42 Å². The fraction of sp³-hybridized carbons (Fsp3) is 0.833. The molecule has 0 atom stereocenters. The van der Waals surface area contributed by atoms with Crippen molar-refractivity contribution < 1.29 is 9.13 Å². The Bertz CT molecular complexity index is 183. The van der Waals surface area contributed by atoms with Crippen LogP contribution in [0.15, 0.2) is 0 Å². The minimum atomic E-state index is -0.196. The third-order valence-electron chi connectivity index (χ3n) is 1.61. The highest BCUT2D eigenvalue weighted by atomic mass is 19.1. The number of halogens is 1. The van der Waals surface area contributed by atoms with E-state index >= 15 is 0 Å². The second-order valence-electron chi connectivity index (χ2n) is 4.35. The first-order valence-electron chi connectivity index (χ1n) is 5.28. The lowest BCUT2D eigenvalue weighted by molar-refractivity contribution is 0.0961. The summed E-state index contributed by atoms with van der Waals surface area (Å²) < 4.78 is 16.9. The molecule has 0 amide bonds. The zero-order valence-electron chi connectivity index (χ0n) is 9.53. The Labute approximate surface area is 87.0 Å². The third kappa shape index (κ3) is 11.3. The van der Waals surface area contributed by atoms with Gasteiger partial charge < -0.3 is 4.74 Å². The highest BCUT2D eigenvalue weighted by Gasteiger charge is 2.07. The minimum Gasteiger partial charge on any atom is -0.441 e. The van der Waals surface area contributed by atoms with Crippen LogP contribution < -0.4 is 0 Å². The number of hydrogen-bond donors (Lipinski definition) is 0. The fourth-order valence-corrected chi connectivity index (χ4v) is 0.902. The molecule has 0 saturated carbocycles. The van der Waals surface area contributed by atoms with Gasteiger partial charge in [-0.25, -0.2) is 0 Å². The highest BCUT2D eigenvalue weighted by Crippen LogP contribution is 2.05. The number of alkyl halides is 1. The molecule has 0 saturated heterocycles. The van der Waals surface area contributed by atoms with Crippen molar-refractivity contribution in [3.8, 4) is 12.0 Å². The molecule has 0 aromatic rings. The molecule has 0 N–H and O–H groups in total. The summed E-state index contributed by atoms with van der Waals surface area (Å²) in [5.74, 6) is 2.95. The van der Waals surface area contributed by atoms with E-state index in [0.717, 1.165) is 25.7 Å². The van der Waals surface area contributed by atoms with Crippen LogP contribution in [0, 0.1) is 12.0 Å². The van der Waals surface area contributed by atoms with Crippen LogP contribution in [0.4, 0.5) is 4.39 Å². The van der Waals surface area contributed by atoms with Crippen LogP contribution in [0.25, 0.3) is 0 Å². The van der Waals surface area contributed by atoms with Gasteiger partial charge in [0, 0.05) is 6.42 Å². The van der Waals surface area contributed by atoms with Gasteiger partial charge >= 0.3 is 0 Å². The molecule has 0 aliphatic heterocycles. The van der Waals surface area contributed by atoms with Crippen molar-refractivity contribution in [2.75, 3.05) is 6.67 Å². The molecule has 0 aromatic heterocycles. The molecule has 0 aliphatic rings. The van der Waals surface area contributed by atoms with Crippen molar-refractivity contribution in [1.82, 2.24) is 0 Å². The van der Waals surface area contributed by atoms with Gasteiger partial charge in [-0.3, -0.25) is 4.39 Å². The van der Waals surface area contributed by atoms with Crippen molar-refractivity contribution in [3.63, 3.8) is 0 Å². The Balaban J connectivity index is 3.27. The molecule has 2 heteroatoms. The molecule has 82 valence electrons. The summed E-state index contributed by atoms with van der Waals surface area (Å²) in [5, 5.41) is 0. The standard InChI is InChI=1S/C12H21FO/c1-12(2,3)14-11-9-7-5-4-6-8-10-13/h4-8,10H2,1-3H3. The summed E-state index contributed by atoms with van der Waals surface area (Å²) in [6, 6.07) is 0. The molecule has 0 bridgehead atoms. The first-order valence-corrected chi connectivity index (χ1v) is 5.28. The highest BCUT2D eigenvalue weighted by molar-refractivity contribution is 4.92. The summed E-state index contributed by atoms with van der Waals surface area (Å²) in [6.07, 6.45) is 7.30. The number of unbranched alkanes of at least 4 members (excludes halogenated alkanes) is 4.